The molecule has 168 valence electrons. The first-order valence-electron chi connectivity index (χ1n) is 10.2. The van der Waals surface area contributed by atoms with Gasteiger partial charge in [-0.3, -0.25) is 10.1 Å². The molecule has 1 aliphatic rings. The molecular formula is C22H24N4O5S. The third-order valence-corrected chi connectivity index (χ3v) is 7.37. The Labute approximate surface area is 186 Å². The molecule has 1 amide bonds. The summed E-state index contributed by atoms with van der Waals surface area (Å²) in [6.07, 6.45) is 0.976. The predicted octanol–water partition coefficient (Wildman–Crippen LogP) is 3.15. The van der Waals surface area contributed by atoms with Crippen LogP contribution in [0, 0.1) is 13.8 Å². The summed E-state index contributed by atoms with van der Waals surface area (Å²) in [6, 6.07) is 11.0. The Hall–Kier alpha value is -3.24. The van der Waals surface area contributed by atoms with Gasteiger partial charge in [0.25, 0.3) is 0 Å². The average molecular weight is 457 g/mol. The van der Waals surface area contributed by atoms with Gasteiger partial charge in [0, 0.05) is 12.1 Å². The fourth-order valence-corrected chi connectivity index (χ4v) is 5.37. The molecule has 10 heteroatoms. The third-order valence-electron chi connectivity index (χ3n) is 5.45. The van der Waals surface area contributed by atoms with Crippen LogP contribution >= 0.6 is 0 Å². The van der Waals surface area contributed by atoms with Gasteiger partial charge in [-0.1, -0.05) is 22.8 Å². The Morgan fingerprint density at radius 3 is 2.62 bits per heavy atom. The van der Waals surface area contributed by atoms with E-state index in [-0.39, 0.29) is 23.3 Å². The molecule has 32 heavy (non-hydrogen) atoms. The fraction of sp³-hybridized carbons (Fsp3) is 0.318. The maximum absolute atomic E-state index is 13.1. The number of carbonyl (C=O) groups is 1. The van der Waals surface area contributed by atoms with Crippen molar-refractivity contribution in [1.82, 2.24) is 14.5 Å². The van der Waals surface area contributed by atoms with Crippen LogP contribution < -0.4 is 10.1 Å². The maximum Gasteiger partial charge on any atom is 0.322 e. The van der Waals surface area contributed by atoms with Gasteiger partial charge in [0.1, 0.15) is 11.8 Å². The van der Waals surface area contributed by atoms with Crippen molar-refractivity contribution in [1.29, 1.82) is 0 Å². The maximum atomic E-state index is 13.1. The predicted molar refractivity (Wildman–Crippen MR) is 118 cm³/mol. The van der Waals surface area contributed by atoms with Gasteiger partial charge >= 0.3 is 6.01 Å². The van der Waals surface area contributed by atoms with Crippen molar-refractivity contribution in [2.75, 3.05) is 19.0 Å². The first-order chi connectivity index (χ1) is 15.3. The number of rotatable bonds is 6. The molecule has 3 aromatic rings. The largest absolute Gasteiger partial charge is 0.497 e. The van der Waals surface area contributed by atoms with E-state index in [4.69, 9.17) is 9.15 Å². The first kappa shape index (κ1) is 22.0. The minimum Gasteiger partial charge on any atom is -0.497 e. The molecule has 2 heterocycles. The summed E-state index contributed by atoms with van der Waals surface area (Å²) in [5.41, 5.74) is 2.78. The normalized spacial score (nSPS) is 16.8. The number of nitrogens with one attached hydrogen (secondary N) is 1. The zero-order chi connectivity index (χ0) is 22.9. The standard InChI is InChI=1S/C22H24N4O5S/c1-14-6-7-15(2)18(13-14)21-24-25-22(31-21)23-20(27)19-5-4-12-26(19)32(28,29)17-10-8-16(30-3)9-11-17/h6-11,13,19H,4-5,12H2,1-3H3,(H,23,25,27)/t19-/m1/s1. The molecule has 0 spiro atoms. The average Bonchev–Trinajstić information content (AvgIpc) is 3.46. The summed E-state index contributed by atoms with van der Waals surface area (Å²) in [7, 11) is -2.34. The number of ether oxygens (including phenoxy) is 1. The number of amides is 1. The molecule has 0 unspecified atom stereocenters. The third kappa shape index (κ3) is 4.23. The summed E-state index contributed by atoms with van der Waals surface area (Å²) < 4.78 is 38.2. The molecule has 4 rings (SSSR count). The van der Waals surface area contributed by atoms with Crippen LogP contribution in [0.25, 0.3) is 11.5 Å². The highest BCUT2D eigenvalue weighted by Gasteiger charge is 2.40. The van der Waals surface area contributed by atoms with Crippen molar-refractivity contribution < 1.29 is 22.4 Å². The quantitative estimate of drug-likeness (QED) is 0.606. The van der Waals surface area contributed by atoms with Gasteiger partial charge in [-0.05, 0) is 62.6 Å². The Kier molecular flexibility index (Phi) is 5.98. The van der Waals surface area contributed by atoms with E-state index < -0.39 is 22.0 Å². The molecule has 2 aromatic carbocycles. The summed E-state index contributed by atoms with van der Waals surface area (Å²) in [6.45, 7) is 4.14. The second kappa shape index (κ2) is 8.71. The van der Waals surface area contributed by atoms with Gasteiger partial charge in [0.05, 0.1) is 12.0 Å². The zero-order valence-corrected chi connectivity index (χ0v) is 18.8. The molecule has 0 saturated carbocycles. The Balaban J connectivity index is 1.52. The lowest BCUT2D eigenvalue weighted by molar-refractivity contribution is -0.119. The Morgan fingerprint density at radius 2 is 1.91 bits per heavy atom. The number of aryl methyl sites for hydroxylation is 2. The lowest BCUT2D eigenvalue weighted by Gasteiger charge is -2.22. The van der Waals surface area contributed by atoms with Gasteiger partial charge < -0.3 is 9.15 Å². The highest BCUT2D eigenvalue weighted by molar-refractivity contribution is 7.89. The molecular weight excluding hydrogens is 432 g/mol. The first-order valence-corrected chi connectivity index (χ1v) is 11.6. The summed E-state index contributed by atoms with van der Waals surface area (Å²) in [4.78, 5) is 13.0. The summed E-state index contributed by atoms with van der Waals surface area (Å²) >= 11 is 0. The molecule has 9 nitrogen and oxygen atoms in total. The van der Waals surface area contributed by atoms with Crippen LogP contribution in [-0.4, -0.2) is 48.5 Å². The smallest absolute Gasteiger partial charge is 0.322 e. The van der Waals surface area contributed by atoms with Gasteiger partial charge in [0.15, 0.2) is 0 Å². The van der Waals surface area contributed by atoms with Crippen molar-refractivity contribution in [2.45, 2.75) is 37.6 Å². The van der Waals surface area contributed by atoms with Crippen molar-refractivity contribution in [3.05, 3.63) is 53.6 Å². The van der Waals surface area contributed by atoms with Crippen LogP contribution in [0.4, 0.5) is 6.01 Å². The van der Waals surface area contributed by atoms with E-state index in [9.17, 15) is 13.2 Å². The van der Waals surface area contributed by atoms with Crippen LogP contribution in [-0.2, 0) is 14.8 Å². The van der Waals surface area contributed by atoms with Gasteiger partial charge in [-0.25, -0.2) is 8.42 Å². The van der Waals surface area contributed by atoms with Crippen LogP contribution in [0.1, 0.15) is 24.0 Å². The highest BCUT2D eigenvalue weighted by Crippen LogP contribution is 2.29. The zero-order valence-electron chi connectivity index (χ0n) is 18.0. The number of hydrogen-bond acceptors (Lipinski definition) is 7. The minimum atomic E-state index is -3.85. The van der Waals surface area contributed by atoms with Crippen LogP contribution in [0.15, 0.2) is 51.8 Å². The van der Waals surface area contributed by atoms with Crippen LogP contribution in [0.3, 0.4) is 0 Å². The molecule has 1 atom stereocenters. The van der Waals surface area contributed by atoms with Crippen LogP contribution in [0.5, 0.6) is 5.75 Å². The number of anilines is 1. The lowest BCUT2D eigenvalue weighted by atomic mass is 10.1. The topological polar surface area (TPSA) is 115 Å². The molecule has 1 aliphatic heterocycles. The number of hydrogen-bond donors (Lipinski definition) is 1. The van der Waals surface area contributed by atoms with Crippen molar-refractivity contribution in [3.8, 4) is 17.2 Å². The van der Waals surface area contributed by atoms with Gasteiger partial charge in [-0.15, -0.1) is 5.10 Å². The second-order valence-corrected chi connectivity index (χ2v) is 9.56. The van der Waals surface area contributed by atoms with E-state index in [1.54, 1.807) is 12.1 Å². The Bertz CT molecular complexity index is 1240. The van der Waals surface area contributed by atoms with Crippen LogP contribution in [0.2, 0.25) is 0 Å². The number of sulfonamides is 1. The number of carbonyl (C=O) groups excluding carboxylic acids is 1. The summed E-state index contributed by atoms with van der Waals surface area (Å²) in [5, 5.41) is 10.5. The second-order valence-electron chi connectivity index (χ2n) is 7.67. The molecule has 1 aromatic heterocycles. The van der Waals surface area contributed by atoms with E-state index in [0.29, 0.717) is 18.6 Å². The SMILES string of the molecule is COc1ccc(S(=O)(=O)N2CCC[C@@H]2C(=O)Nc2nnc(-c3cc(C)ccc3C)o2)cc1. The van der Waals surface area contributed by atoms with Gasteiger partial charge in [0.2, 0.25) is 21.8 Å². The molecule has 0 bridgehead atoms. The van der Waals surface area contributed by atoms with E-state index >= 15 is 0 Å². The van der Waals surface area contributed by atoms with E-state index in [1.165, 1.54) is 23.5 Å². The van der Waals surface area contributed by atoms with E-state index in [0.717, 1.165) is 16.7 Å². The van der Waals surface area contributed by atoms with Gasteiger partial charge in [-0.2, -0.15) is 4.31 Å². The molecule has 1 saturated heterocycles. The van der Waals surface area contributed by atoms with E-state index in [1.807, 2.05) is 32.0 Å². The molecule has 1 N–H and O–H groups in total. The fourth-order valence-electron chi connectivity index (χ4n) is 3.71. The minimum absolute atomic E-state index is 0.0698. The molecule has 1 fully saturated rings. The lowest BCUT2D eigenvalue weighted by Crippen LogP contribution is -2.43. The van der Waals surface area contributed by atoms with Crippen molar-refractivity contribution in [3.63, 3.8) is 0 Å². The molecule has 0 radical (unpaired) electrons. The van der Waals surface area contributed by atoms with Crippen molar-refractivity contribution in [2.24, 2.45) is 0 Å². The Morgan fingerprint density at radius 1 is 1.16 bits per heavy atom. The highest BCUT2D eigenvalue weighted by atomic mass is 32.2. The van der Waals surface area contributed by atoms with Crippen molar-refractivity contribution >= 4 is 21.9 Å². The number of aromatic nitrogens is 2. The summed E-state index contributed by atoms with van der Waals surface area (Å²) in [5.74, 6) is 0.335. The number of nitrogens with zero attached hydrogens (tertiary/aromatic N) is 3. The molecule has 0 aliphatic carbocycles. The number of methoxy groups -OCH3 is 1. The monoisotopic (exact) mass is 456 g/mol. The van der Waals surface area contributed by atoms with E-state index in [2.05, 4.69) is 15.5 Å². The number of benzene rings is 2.